The summed E-state index contributed by atoms with van der Waals surface area (Å²) >= 11 is 0. The molecule has 0 unspecified atom stereocenters. The van der Waals surface area contributed by atoms with Gasteiger partial charge < -0.3 is 0 Å². The molecular weight excluding hydrogens is 108 g/mol. The molecular formula is C9H20. The van der Waals surface area contributed by atoms with Gasteiger partial charge in [0.25, 0.3) is 0 Å². The third-order valence-electron chi connectivity index (χ3n) is 2.35. The summed E-state index contributed by atoms with van der Waals surface area (Å²) in [4.78, 5) is 0. The van der Waals surface area contributed by atoms with Gasteiger partial charge in [0, 0.05) is 0 Å². The van der Waals surface area contributed by atoms with Crippen LogP contribution >= 0.6 is 0 Å². The number of hydrogen-bond donors (Lipinski definition) is 0. The van der Waals surface area contributed by atoms with Gasteiger partial charge in [0.05, 0.1) is 0 Å². The summed E-state index contributed by atoms with van der Waals surface area (Å²) in [5, 5.41) is 0. The molecule has 0 aromatic rings. The SMILES string of the molecule is C.CC1CC(C(C)C)C1. The van der Waals surface area contributed by atoms with E-state index in [1.807, 2.05) is 0 Å². The molecule has 0 bridgehead atoms. The molecule has 9 heavy (non-hydrogen) atoms. The summed E-state index contributed by atoms with van der Waals surface area (Å²) in [5.41, 5.74) is 0. The normalized spacial score (nSPS) is 33.3. The predicted molar refractivity (Wildman–Crippen MR) is 43.5 cm³/mol. The van der Waals surface area contributed by atoms with Crippen molar-refractivity contribution in [2.75, 3.05) is 0 Å². The van der Waals surface area contributed by atoms with Gasteiger partial charge in [-0.2, -0.15) is 0 Å². The molecule has 0 aliphatic heterocycles. The second kappa shape index (κ2) is 3.24. The topological polar surface area (TPSA) is 0 Å². The zero-order valence-corrected chi connectivity index (χ0v) is 6.15. The van der Waals surface area contributed by atoms with E-state index in [4.69, 9.17) is 0 Å². The lowest BCUT2D eigenvalue weighted by atomic mass is 9.71. The molecule has 1 aliphatic carbocycles. The summed E-state index contributed by atoms with van der Waals surface area (Å²) in [7, 11) is 0. The van der Waals surface area contributed by atoms with Crippen LogP contribution < -0.4 is 0 Å². The quantitative estimate of drug-likeness (QED) is 0.508. The van der Waals surface area contributed by atoms with E-state index in [2.05, 4.69) is 20.8 Å². The summed E-state index contributed by atoms with van der Waals surface area (Å²) in [6.45, 7) is 7.01. The molecule has 0 N–H and O–H groups in total. The first-order chi connectivity index (χ1) is 3.70. The van der Waals surface area contributed by atoms with Crippen LogP contribution in [0.4, 0.5) is 0 Å². The summed E-state index contributed by atoms with van der Waals surface area (Å²) < 4.78 is 0. The first-order valence-corrected chi connectivity index (χ1v) is 3.70. The molecule has 0 heterocycles. The molecule has 1 aliphatic rings. The first kappa shape index (κ1) is 9.00. The molecule has 1 fully saturated rings. The third-order valence-corrected chi connectivity index (χ3v) is 2.35. The van der Waals surface area contributed by atoms with E-state index in [9.17, 15) is 0 Å². The predicted octanol–water partition coefficient (Wildman–Crippen LogP) is 3.32. The number of rotatable bonds is 1. The second-order valence-corrected chi connectivity index (χ2v) is 3.58. The summed E-state index contributed by atoms with van der Waals surface area (Å²) in [5.74, 6) is 3.03. The van der Waals surface area contributed by atoms with Gasteiger partial charge in [-0.1, -0.05) is 28.2 Å². The van der Waals surface area contributed by atoms with Gasteiger partial charge in [-0.3, -0.25) is 0 Å². The second-order valence-electron chi connectivity index (χ2n) is 3.58. The van der Waals surface area contributed by atoms with Crippen LogP contribution in [0.2, 0.25) is 0 Å². The van der Waals surface area contributed by atoms with Crippen LogP contribution in [0.5, 0.6) is 0 Å². The zero-order valence-electron chi connectivity index (χ0n) is 6.15. The van der Waals surface area contributed by atoms with Crippen molar-refractivity contribution in [1.29, 1.82) is 0 Å². The molecule has 0 aromatic carbocycles. The highest BCUT2D eigenvalue weighted by Crippen LogP contribution is 2.37. The van der Waals surface area contributed by atoms with Crippen molar-refractivity contribution in [3.8, 4) is 0 Å². The highest BCUT2D eigenvalue weighted by Gasteiger charge is 2.27. The fourth-order valence-electron chi connectivity index (χ4n) is 1.51. The van der Waals surface area contributed by atoms with Crippen molar-refractivity contribution >= 4 is 0 Å². The third kappa shape index (κ3) is 2.00. The van der Waals surface area contributed by atoms with Gasteiger partial charge in [-0.15, -0.1) is 0 Å². The maximum atomic E-state index is 2.35. The van der Waals surface area contributed by atoms with E-state index in [1.54, 1.807) is 0 Å². The van der Waals surface area contributed by atoms with Crippen LogP contribution in [-0.4, -0.2) is 0 Å². The zero-order chi connectivity index (χ0) is 6.15. The largest absolute Gasteiger partial charge is 0.0776 e. The molecule has 0 amide bonds. The highest BCUT2D eigenvalue weighted by atomic mass is 14.3. The number of hydrogen-bond acceptors (Lipinski definition) is 0. The Balaban J connectivity index is 0.000000640. The Kier molecular flexibility index (Phi) is 3.24. The monoisotopic (exact) mass is 128 g/mol. The van der Waals surface area contributed by atoms with Gasteiger partial charge in [-0.05, 0) is 30.6 Å². The molecule has 0 saturated heterocycles. The van der Waals surface area contributed by atoms with E-state index in [-0.39, 0.29) is 7.43 Å². The molecule has 0 atom stereocenters. The van der Waals surface area contributed by atoms with Crippen molar-refractivity contribution in [2.45, 2.75) is 41.0 Å². The first-order valence-electron chi connectivity index (χ1n) is 3.70. The van der Waals surface area contributed by atoms with Crippen LogP contribution in [0.3, 0.4) is 0 Å². The molecule has 0 spiro atoms. The van der Waals surface area contributed by atoms with Crippen molar-refractivity contribution in [3.63, 3.8) is 0 Å². The fraction of sp³-hybridized carbons (Fsp3) is 1.00. The Bertz CT molecular complexity index is 68.1. The Morgan fingerprint density at radius 2 is 1.67 bits per heavy atom. The van der Waals surface area contributed by atoms with Crippen LogP contribution in [0.25, 0.3) is 0 Å². The minimum Gasteiger partial charge on any atom is -0.0776 e. The molecule has 0 nitrogen and oxygen atoms in total. The fourth-order valence-corrected chi connectivity index (χ4v) is 1.51. The van der Waals surface area contributed by atoms with Gasteiger partial charge in [0.15, 0.2) is 0 Å². The van der Waals surface area contributed by atoms with E-state index < -0.39 is 0 Å². The Hall–Kier alpha value is 0. The lowest BCUT2D eigenvalue weighted by molar-refractivity contribution is 0.156. The van der Waals surface area contributed by atoms with Gasteiger partial charge in [0.1, 0.15) is 0 Å². The molecule has 0 radical (unpaired) electrons. The van der Waals surface area contributed by atoms with Gasteiger partial charge in [0.2, 0.25) is 0 Å². The lowest BCUT2D eigenvalue weighted by Crippen LogP contribution is -2.25. The minimum atomic E-state index is 0. The van der Waals surface area contributed by atoms with Crippen molar-refractivity contribution in [2.24, 2.45) is 17.8 Å². The lowest BCUT2D eigenvalue weighted by Gasteiger charge is -2.35. The van der Waals surface area contributed by atoms with E-state index in [0.29, 0.717) is 0 Å². The van der Waals surface area contributed by atoms with Crippen molar-refractivity contribution in [1.82, 2.24) is 0 Å². The standard InChI is InChI=1S/C8H16.CH4/c1-6(2)8-4-7(3)5-8;/h6-8H,4-5H2,1-3H3;1H4. The van der Waals surface area contributed by atoms with Crippen molar-refractivity contribution in [3.05, 3.63) is 0 Å². The molecule has 0 aromatic heterocycles. The van der Waals surface area contributed by atoms with Crippen molar-refractivity contribution < 1.29 is 0 Å². The smallest absolute Gasteiger partial charge is 0.0386 e. The molecule has 1 saturated carbocycles. The van der Waals surface area contributed by atoms with Crippen LogP contribution in [0, 0.1) is 17.8 Å². The Morgan fingerprint density at radius 3 is 1.78 bits per heavy atom. The maximum Gasteiger partial charge on any atom is -0.0386 e. The van der Waals surface area contributed by atoms with Crippen LogP contribution in [0.15, 0.2) is 0 Å². The van der Waals surface area contributed by atoms with Crippen LogP contribution in [-0.2, 0) is 0 Å². The highest BCUT2D eigenvalue weighted by molar-refractivity contribution is 4.77. The summed E-state index contributed by atoms with van der Waals surface area (Å²) in [6.07, 6.45) is 2.97. The average molecular weight is 128 g/mol. The molecule has 1 rings (SSSR count). The Morgan fingerprint density at radius 1 is 1.22 bits per heavy atom. The molecule has 0 heteroatoms. The van der Waals surface area contributed by atoms with E-state index in [0.717, 1.165) is 17.8 Å². The van der Waals surface area contributed by atoms with Gasteiger partial charge in [-0.25, -0.2) is 0 Å². The van der Waals surface area contributed by atoms with E-state index >= 15 is 0 Å². The van der Waals surface area contributed by atoms with Gasteiger partial charge >= 0.3 is 0 Å². The molecule has 56 valence electrons. The Labute approximate surface area is 59.7 Å². The minimum absolute atomic E-state index is 0. The average Bonchev–Trinajstić information content (AvgIpc) is 1.57. The summed E-state index contributed by atoms with van der Waals surface area (Å²) in [6, 6.07) is 0. The van der Waals surface area contributed by atoms with Crippen LogP contribution in [0.1, 0.15) is 41.0 Å². The maximum absolute atomic E-state index is 2.35. The van der Waals surface area contributed by atoms with E-state index in [1.165, 1.54) is 12.8 Å².